The van der Waals surface area contributed by atoms with Crippen LogP contribution in [-0.2, 0) is 24.2 Å². The van der Waals surface area contributed by atoms with Crippen molar-refractivity contribution in [2.24, 2.45) is 0 Å². The van der Waals surface area contributed by atoms with Crippen molar-refractivity contribution in [3.05, 3.63) is 74.9 Å². The molecule has 192 valence electrons. The molecule has 1 atom stereocenters. The van der Waals surface area contributed by atoms with Gasteiger partial charge in [-0.1, -0.05) is 35.3 Å². The minimum atomic E-state index is -0.824. The topological polar surface area (TPSA) is 102 Å². The summed E-state index contributed by atoms with van der Waals surface area (Å²) in [6.07, 6.45) is 3.63. The van der Waals surface area contributed by atoms with Crippen LogP contribution in [0, 0.1) is 13.8 Å². The number of carbonyl (C=O) groups is 2. The Morgan fingerprint density at radius 3 is 2.54 bits per heavy atom. The van der Waals surface area contributed by atoms with Gasteiger partial charge in [-0.3, -0.25) is 9.59 Å². The lowest BCUT2D eigenvalue weighted by molar-refractivity contribution is -0.137. The molecule has 1 amide bonds. The number of aromatic nitrogens is 4. The van der Waals surface area contributed by atoms with Crippen molar-refractivity contribution in [1.29, 1.82) is 0 Å². The number of carboxylic acid groups (broad SMARTS) is 1. The number of carboxylic acids is 1. The second-order valence-electron chi connectivity index (χ2n) is 9.95. The van der Waals surface area contributed by atoms with Crippen LogP contribution in [0.15, 0.2) is 36.7 Å². The zero-order valence-corrected chi connectivity index (χ0v) is 22.3. The van der Waals surface area contributed by atoms with E-state index in [0.717, 1.165) is 27.7 Å². The summed E-state index contributed by atoms with van der Waals surface area (Å²) < 4.78 is 3.69. The lowest BCUT2D eigenvalue weighted by Gasteiger charge is -2.35. The van der Waals surface area contributed by atoms with Gasteiger partial charge < -0.3 is 15.0 Å². The summed E-state index contributed by atoms with van der Waals surface area (Å²) in [5, 5.41) is 18.3. The van der Waals surface area contributed by atoms with Crippen molar-refractivity contribution in [3.63, 3.8) is 0 Å². The summed E-state index contributed by atoms with van der Waals surface area (Å²) in [7, 11) is 0. The molecule has 2 aromatic carbocycles. The molecule has 2 heterocycles. The third-order valence-electron chi connectivity index (χ3n) is 7.01. The van der Waals surface area contributed by atoms with E-state index in [1.807, 2.05) is 13.8 Å². The quantitative estimate of drug-likeness (QED) is 0.346. The smallest absolute Gasteiger partial charge is 0.305 e. The molecule has 37 heavy (non-hydrogen) atoms. The Bertz CT molecular complexity index is 1530. The van der Waals surface area contributed by atoms with E-state index in [0.29, 0.717) is 37.3 Å². The number of nitrogens with one attached hydrogen (secondary N) is 1. The first-order valence-corrected chi connectivity index (χ1v) is 12.8. The van der Waals surface area contributed by atoms with Crippen LogP contribution in [0.25, 0.3) is 16.6 Å². The standard InChI is InChI=1S/C27H27Cl2N5O3/c1-15-4-5-18-19-13-27(3,8-6-22(19)33(23(18)10-15)9-7-24(35)36)31-26(37)25-20(28)11-17(12-21(25)29)34-14-30-16(2)32-34/h4-5,10-12,14H,6-9,13H2,1-3H3,(H,31,37)(H,35,36)/t27-/m1/s1. The summed E-state index contributed by atoms with van der Waals surface area (Å²) in [6.45, 7) is 6.25. The second-order valence-corrected chi connectivity index (χ2v) is 10.8. The molecule has 10 heteroatoms. The number of hydrogen-bond donors (Lipinski definition) is 2. The third-order valence-corrected chi connectivity index (χ3v) is 7.61. The van der Waals surface area contributed by atoms with Crippen LogP contribution in [-0.4, -0.2) is 41.9 Å². The molecule has 2 N–H and O–H groups in total. The van der Waals surface area contributed by atoms with E-state index in [1.54, 1.807) is 30.1 Å². The number of nitrogens with zero attached hydrogens (tertiary/aromatic N) is 4. The summed E-state index contributed by atoms with van der Waals surface area (Å²) in [5.41, 5.74) is 4.73. The van der Waals surface area contributed by atoms with Crippen LogP contribution in [0.1, 0.15) is 52.8 Å². The highest BCUT2D eigenvalue weighted by molar-refractivity contribution is 6.40. The molecule has 0 aliphatic heterocycles. The Kier molecular flexibility index (Phi) is 6.50. The molecule has 4 aromatic rings. The number of hydrogen-bond acceptors (Lipinski definition) is 4. The van der Waals surface area contributed by atoms with Crippen LogP contribution >= 0.6 is 23.2 Å². The maximum atomic E-state index is 13.4. The predicted molar refractivity (Wildman–Crippen MR) is 143 cm³/mol. The van der Waals surface area contributed by atoms with Crippen molar-refractivity contribution in [1.82, 2.24) is 24.6 Å². The molecular weight excluding hydrogens is 513 g/mol. The van der Waals surface area contributed by atoms with Gasteiger partial charge >= 0.3 is 5.97 Å². The molecule has 8 nitrogen and oxygen atoms in total. The molecule has 0 spiro atoms. The van der Waals surface area contributed by atoms with E-state index >= 15 is 0 Å². The molecule has 1 aliphatic rings. The van der Waals surface area contributed by atoms with Crippen molar-refractivity contribution in [3.8, 4) is 5.69 Å². The molecule has 0 saturated carbocycles. The number of aliphatic carboxylic acids is 1. The fraction of sp³-hybridized carbons (Fsp3) is 0.333. The minimum Gasteiger partial charge on any atom is -0.481 e. The molecule has 2 aromatic heterocycles. The molecule has 0 fully saturated rings. The van der Waals surface area contributed by atoms with Crippen LogP contribution < -0.4 is 5.32 Å². The SMILES string of the molecule is Cc1ccc2c3c(n(CCC(=O)O)c2c1)CC[C@@](C)(NC(=O)c1c(Cl)cc(-n2cnc(C)n2)cc1Cl)C3. The van der Waals surface area contributed by atoms with Gasteiger partial charge in [-0.15, -0.1) is 0 Å². The van der Waals surface area contributed by atoms with Crippen molar-refractivity contribution >= 4 is 46.0 Å². The molecule has 0 bridgehead atoms. The number of halogens is 2. The van der Waals surface area contributed by atoms with Crippen molar-refractivity contribution in [2.45, 2.75) is 58.5 Å². The molecule has 1 aliphatic carbocycles. The Morgan fingerprint density at radius 1 is 1.16 bits per heavy atom. The van der Waals surface area contributed by atoms with Crippen molar-refractivity contribution in [2.75, 3.05) is 0 Å². The number of aryl methyl sites for hydroxylation is 3. The van der Waals surface area contributed by atoms with Gasteiger partial charge in [0.1, 0.15) is 12.2 Å². The second kappa shape index (κ2) is 9.50. The first-order valence-electron chi connectivity index (χ1n) is 12.1. The third kappa shape index (κ3) is 4.83. The summed E-state index contributed by atoms with van der Waals surface area (Å²) >= 11 is 13.1. The number of benzene rings is 2. The van der Waals surface area contributed by atoms with Gasteiger partial charge in [0.15, 0.2) is 0 Å². The van der Waals surface area contributed by atoms with Gasteiger partial charge in [0.05, 0.1) is 27.7 Å². The van der Waals surface area contributed by atoms with Gasteiger partial charge in [-0.25, -0.2) is 9.67 Å². The lowest BCUT2D eigenvalue weighted by Crippen LogP contribution is -2.50. The first kappa shape index (κ1) is 25.3. The highest BCUT2D eigenvalue weighted by Gasteiger charge is 2.36. The van der Waals surface area contributed by atoms with Gasteiger partial charge in [-0.05, 0) is 69.4 Å². The van der Waals surface area contributed by atoms with Gasteiger partial charge in [0.2, 0.25) is 0 Å². The summed E-state index contributed by atoms with van der Waals surface area (Å²) in [5.74, 6) is -0.555. The summed E-state index contributed by atoms with van der Waals surface area (Å²) in [4.78, 5) is 28.8. The Labute approximate surface area is 224 Å². The molecule has 5 rings (SSSR count). The fourth-order valence-electron chi connectivity index (χ4n) is 5.23. The van der Waals surface area contributed by atoms with E-state index < -0.39 is 11.5 Å². The van der Waals surface area contributed by atoms with Gasteiger partial charge in [0.25, 0.3) is 5.91 Å². The average Bonchev–Trinajstić information content (AvgIpc) is 3.37. The first-order chi connectivity index (χ1) is 17.5. The van der Waals surface area contributed by atoms with E-state index in [4.69, 9.17) is 23.2 Å². The minimum absolute atomic E-state index is 0.0549. The lowest BCUT2D eigenvalue weighted by atomic mass is 9.80. The van der Waals surface area contributed by atoms with E-state index in [2.05, 4.69) is 38.2 Å². The number of rotatable bonds is 6. The van der Waals surface area contributed by atoms with Crippen LogP contribution in [0.3, 0.4) is 0 Å². The van der Waals surface area contributed by atoms with Crippen LogP contribution in [0.5, 0.6) is 0 Å². The Hall–Kier alpha value is -3.36. The summed E-state index contributed by atoms with van der Waals surface area (Å²) in [6, 6.07) is 9.55. The maximum absolute atomic E-state index is 13.4. The highest BCUT2D eigenvalue weighted by atomic mass is 35.5. The normalized spacial score (nSPS) is 17.1. The van der Waals surface area contributed by atoms with Crippen LogP contribution in [0.2, 0.25) is 10.0 Å². The van der Waals surface area contributed by atoms with Crippen LogP contribution in [0.4, 0.5) is 0 Å². The highest BCUT2D eigenvalue weighted by Crippen LogP contribution is 2.37. The largest absolute Gasteiger partial charge is 0.481 e. The zero-order chi connectivity index (χ0) is 26.5. The molecule has 0 unspecified atom stereocenters. The van der Waals surface area contributed by atoms with Gasteiger partial charge in [-0.2, -0.15) is 5.10 Å². The van der Waals surface area contributed by atoms with E-state index in [9.17, 15) is 14.7 Å². The fourth-order valence-corrected chi connectivity index (χ4v) is 5.87. The molecule has 0 saturated heterocycles. The molecular formula is C27H27Cl2N5O3. The monoisotopic (exact) mass is 539 g/mol. The number of amides is 1. The maximum Gasteiger partial charge on any atom is 0.305 e. The number of fused-ring (bicyclic) bond motifs is 3. The molecule has 0 radical (unpaired) electrons. The zero-order valence-electron chi connectivity index (χ0n) is 20.8. The van der Waals surface area contributed by atoms with Gasteiger partial charge in [0, 0.05) is 28.7 Å². The average molecular weight is 540 g/mol. The van der Waals surface area contributed by atoms with Crippen molar-refractivity contribution < 1.29 is 14.7 Å². The van der Waals surface area contributed by atoms with E-state index in [1.165, 1.54) is 0 Å². The Balaban J connectivity index is 1.44. The van der Waals surface area contributed by atoms with E-state index in [-0.39, 0.29) is 27.9 Å². The number of carbonyl (C=O) groups excluding carboxylic acids is 1. The predicted octanol–water partition coefficient (Wildman–Crippen LogP) is 5.30. The Morgan fingerprint density at radius 2 is 1.89 bits per heavy atom.